The number of aryl methyl sites for hydroxylation is 1. The minimum atomic E-state index is -0.608. The molecule has 0 aliphatic rings. The second-order valence-corrected chi connectivity index (χ2v) is 4.89. The number of hydrogen-bond acceptors (Lipinski definition) is 5. The Hall–Kier alpha value is -2.48. The lowest BCUT2D eigenvalue weighted by Crippen LogP contribution is -2.37. The highest BCUT2D eigenvalue weighted by Gasteiger charge is 2.15. The van der Waals surface area contributed by atoms with Crippen LogP contribution in [0.3, 0.4) is 0 Å². The SMILES string of the molecule is CCOC(C)C(=O)Nc1cnc2c(c1)c(=O)n(C)c(=O)n2C. The van der Waals surface area contributed by atoms with Crippen molar-refractivity contribution in [2.45, 2.75) is 20.0 Å². The molecule has 2 rings (SSSR count). The largest absolute Gasteiger partial charge is 0.369 e. The zero-order chi connectivity index (χ0) is 16.4. The third-order valence-corrected chi connectivity index (χ3v) is 3.35. The van der Waals surface area contributed by atoms with Crippen LogP contribution < -0.4 is 16.6 Å². The van der Waals surface area contributed by atoms with Gasteiger partial charge >= 0.3 is 5.69 Å². The molecule has 1 atom stereocenters. The molecule has 0 aliphatic carbocycles. The fraction of sp³-hybridized carbons (Fsp3) is 0.429. The lowest BCUT2D eigenvalue weighted by Gasteiger charge is -2.12. The quantitative estimate of drug-likeness (QED) is 0.857. The topological polar surface area (TPSA) is 95.2 Å². The zero-order valence-corrected chi connectivity index (χ0v) is 12.9. The van der Waals surface area contributed by atoms with Gasteiger partial charge < -0.3 is 10.1 Å². The molecule has 1 amide bonds. The van der Waals surface area contributed by atoms with Gasteiger partial charge in [-0.05, 0) is 19.9 Å². The Balaban J connectivity index is 2.46. The summed E-state index contributed by atoms with van der Waals surface area (Å²) in [6.45, 7) is 3.86. The molecule has 0 aromatic carbocycles. The maximum atomic E-state index is 12.1. The molecule has 0 bridgehead atoms. The van der Waals surface area contributed by atoms with Crippen LogP contribution in [-0.2, 0) is 23.6 Å². The zero-order valence-electron chi connectivity index (χ0n) is 12.9. The highest BCUT2D eigenvalue weighted by molar-refractivity contribution is 5.95. The Bertz CT molecular complexity index is 837. The number of fused-ring (bicyclic) bond motifs is 1. The number of carbonyl (C=O) groups is 1. The van der Waals surface area contributed by atoms with Crippen molar-refractivity contribution in [1.82, 2.24) is 14.1 Å². The molecule has 0 fully saturated rings. The third kappa shape index (κ3) is 2.77. The van der Waals surface area contributed by atoms with Gasteiger partial charge in [0, 0.05) is 20.7 Å². The van der Waals surface area contributed by atoms with Crippen molar-refractivity contribution < 1.29 is 9.53 Å². The molecule has 8 heteroatoms. The number of aromatic nitrogens is 3. The molecule has 8 nitrogen and oxygen atoms in total. The summed E-state index contributed by atoms with van der Waals surface area (Å²) in [5.74, 6) is -0.329. The van der Waals surface area contributed by atoms with E-state index in [4.69, 9.17) is 4.74 Å². The van der Waals surface area contributed by atoms with Gasteiger partial charge in [0.1, 0.15) is 11.8 Å². The highest BCUT2D eigenvalue weighted by atomic mass is 16.5. The van der Waals surface area contributed by atoms with Gasteiger partial charge in [-0.2, -0.15) is 0 Å². The van der Waals surface area contributed by atoms with Crippen LogP contribution in [0.2, 0.25) is 0 Å². The van der Waals surface area contributed by atoms with Crippen LogP contribution in [0, 0.1) is 0 Å². The fourth-order valence-corrected chi connectivity index (χ4v) is 2.10. The first kappa shape index (κ1) is 15.9. The van der Waals surface area contributed by atoms with E-state index in [1.54, 1.807) is 13.8 Å². The van der Waals surface area contributed by atoms with Gasteiger partial charge in [-0.1, -0.05) is 0 Å². The Morgan fingerprint density at radius 2 is 2.05 bits per heavy atom. The van der Waals surface area contributed by atoms with E-state index in [2.05, 4.69) is 10.3 Å². The number of pyridine rings is 1. The summed E-state index contributed by atoms with van der Waals surface area (Å²) in [5, 5.41) is 2.89. The van der Waals surface area contributed by atoms with E-state index in [-0.39, 0.29) is 16.9 Å². The predicted octanol–water partition coefficient (Wildman–Crippen LogP) is -0.00430. The van der Waals surface area contributed by atoms with Crippen LogP contribution in [0.5, 0.6) is 0 Å². The van der Waals surface area contributed by atoms with E-state index in [9.17, 15) is 14.4 Å². The number of carbonyl (C=O) groups excluding carboxylic acids is 1. The van der Waals surface area contributed by atoms with Crippen molar-refractivity contribution >= 4 is 22.6 Å². The first-order valence-corrected chi connectivity index (χ1v) is 6.85. The predicted molar refractivity (Wildman–Crippen MR) is 81.9 cm³/mol. The summed E-state index contributed by atoms with van der Waals surface area (Å²) in [5.41, 5.74) is -0.268. The smallest absolute Gasteiger partial charge is 0.332 e. The van der Waals surface area contributed by atoms with Crippen LogP contribution in [0.1, 0.15) is 13.8 Å². The van der Waals surface area contributed by atoms with E-state index in [0.29, 0.717) is 12.3 Å². The van der Waals surface area contributed by atoms with Crippen LogP contribution >= 0.6 is 0 Å². The molecule has 0 saturated carbocycles. The highest BCUT2D eigenvalue weighted by Crippen LogP contribution is 2.12. The molecular weight excluding hydrogens is 288 g/mol. The molecule has 2 aromatic heterocycles. The number of ether oxygens (including phenoxy) is 1. The van der Waals surface area contributed by atoms with Gasteiger partial charge in [-0.15, -0.1) is 0 Å². The Labute approximate surface area is 126 Å². The van der Waals surface area contributed by atoms with Crippen LogP contribution in [0.4, 0.5) is 5.69 Å². The first-order chi connectivity index (χ1) is 10.4. The molecule has 0 spiro atoms. The number of nitrogens with one attached hydrogen (secondary N) is 1. The number of amides is 1. The fourth-order valence-electron chi connectivity index (χ4n) is 2.10. The number of hydrogen-bond donors (Lipinski definition) is 1. The van der Waals surface area contributed by atoms with E-state index < -0.39 is 17.4 Å². The third-order valence-electron chi connectivity index (χ3n) is 3.35. The molecule has 1 unspecified atom stereocenters. The van der Waals surface area contributed by atoms with Crippen molar-refractivity contribution in [2.75, 3.05) is 11.9 Å². The van der Waals surface area contributed by atoms with E-state index in [1.165, 1.54) is 30.9 Å². The van der Waals surface area contributed by atoms with Crippen LogP contribution in [0.25, 0.3) is 11.0 Å². The lowest BCUT2D eigenvalue weighted by molar-refractivity contribution is -0.126. The van der Waals surface area contributed by atoms with Gasteiger partial charge in [-0.3, -0.25) is 18.7 Å². The van der Waals surface area contributed by atoms with E-state index in [0.717, 1.165) is 4.57 Å². The molecule has 22 heavy (non-hydrogen) atoms. The van der Waals surface area contributed by atoms with E-state index >= 15 is 0 Å². The number of rotatable bonds is 4. The van der Waals surface area contributed by atoms with Gasteiger partial charge in [0.15, 0.2) is 0 Å². The molecule has 2 heterocycles. The minimum absolute atomic E-state index is 0.256. The van der Waals surface area contributed by atoms with Crippen molar-refractivity contribution in [3.63, 3.8) is 0 Å². The molecule has 0 saturated heterocycles. The van der Waals surface area contributed by atoms with Crippen molar-refractivity contribution in [2.24, 2.45) is 14.1 Å². The molecule has 0 radical (unpaired) electrons. The monoisotopic (exact) mass is 306 g/mol. The second-order valence-electron chi connectivity index (χ2n) is 4.89. The first-order valence-electron chi connectivity index (χ1n) is 6.85. The molecule has 0 aliphatic heterocycles. The Kier molecular flexibility index (Phi) is 4.41. The Morgan fingerprint density at radius 3 is 2.68 bits per heavy atom. The maximum absolute atomic E-state index is 12.1. The lowest BCUT2D eigenvalue weighted by atomic mass is 10.3. The molecule has 118 valence electrons. The molecule has 1 N–H and O–H groups in total. The van der Waals surface area contributed by atoms with Crippen molar-refractivity contribution in [3.05, 3.63) is 33.1 Å². The number of anilines is 1. The summed E-state index contributed by atoms with van der Waals surface area (Å²) in [7, 11) is 2.93. The van der Waals surface area contributed by atoms with Gasteiger partial charge in [0.2, 0.25) is 0 Å². The van der Waals surface area contributed by atoms with Gasteiger partial charge in [0.05, 0.1) is 17.3 Å². The van der Waals surface area contributed by atoms with E-state index in [1.807, 2.05) is 0 Å². The molecule has 2 aromatic rings. The second kappa shape index (κ2) is 6.10. The summed E-state index contributed by atoms with van der Waals surface area (Å²) in [6, 6.07) is 1.50. The molecular formula is C14H18N4O4. The summed E-state index contributed by atoms with van der Waals surface area (Å²) < 4.78 is 7.48. The average Bonchev–Trinajstić information content (AvgIpc) is 2.51. The van der Waals surface area contributed by atoms with Crippen molar-refractivity contribution in [3.8, 4) is 0 Å². The van der Waals surface area contributed by atoms with Gasteiger partial charge in [0.25, 0.3) is 11.5 Å². The maximum Gasteiger partial charge on any atom is 0.332 e. The average molecular weight is 306 g/mol. The summed E-state index contributed by atoms with van der Waals surface area (Å²) in [4.78, 5) is 40.0. The van der Waals surface area contributed by atoms with Crippen LogP contribution in [-0.4, -0.2) is 32.7 Å². The summed E-state index contributed by atoms with van der Waals surface area (Å²) >= 11 is 0. The summed E-state index contributed by atoms with van der Waals surface area (Å²) in [6.07, 6.45) is 0.793. The number of nitrogens with zero attached hydrogens (tertiary/aromatic N) is 3. The minimum Gasteiger partial charge on any atom is -0.369 e. The normalized spacial score (nSPS) is 12.4. The van der Waals surface area contributed by atoms with Gasteiger partial charge in [-0.25, -0.2) is 9.78 Å². The standard InChI is InChI=1S/C14H18N4O4/c1-5-22-8(2)12(19)16-9-6-10-11(15-7-9)17(3)14(21)18(4)13(10)20/h6-8H,5H2,1-4H3,(H,16,19). The Morgan fingerprint density at radius 1 is 1.36 bits per heavy atom. The van der Waals surface area contributed by atoms with Crippen LogP contribution in [0.15, 0.2) is 21.9 Å². The van der Waals surface area contributed by atoms with Crippen molar-refractivity contribution in [1.29, 1.82) is 0 Å².